The molecule has 0 aliphatic rings. The molecule has 21 heavy (non-hydrogen) atoms. The van der Waals surface area contributed by atoms with Gasteiger partial charge in [-0.25, -0.2) is 0 Å². The molecule has 2 atom stereocenters. The zero-order chi connectivity index (χ0) is 16.8. The van der Waals surface area contributed by atoms with Crippen molar-refractivity contribution in [3.63, 3.8) is 0 Å². The lowest BCUT2D eigenvalue weighted by Gasteiger charge is -2.39. The molecule has 0 saturated heterocycles. The Kier molecular flexibility index (Phi) is 7.90. The number of carbonyl (C=O) groups is 1. The fourth-order valence-corrected chi connectivity index (χ4v) is 3.43. The SMILES string of the molecule is C=C(C[C@@H](CCC)O[Si](C)(C)C(C)(C)C)C[C@@H](C)C(=O)O. The van der Waals surface area contributed by atoms with Gasteiger partial charge in [0.25, 0.3) is 0 Å². The van der Waals surface area contributed by atoms with Gasteiger partial charge in [0.15, 0.2) is 8.32 Å². The summed E-state index contributed by atoms with van der Waals surface area (Å²) in [6.45, 7) is 19.2. The summed E-state index contributed by atoms with van der Waals surface area (Å²) >= 11 is 0. The van der Waals surface area contributed by atoms with Crippen LogP contribution in [0, 0.1) is 5.92 Å². The zero-order valence-electron chi connectivity index (χ0n) is 15.0. The molecule has 1 N–H and O–H groups in total. The van der Waals surface area contributed by atoms with Crippen molar-refractivity contribution in [3.8, 4) is 0 Å². The molecule has 0 amide bonds. The summed E-state index contributed by atoms with van der Waals surface area (Å²) in [6, 6.07) is 0. The predicted molar refractivity (Wildman–Crippen MR) is 92.2 cm³/mol. The first-order chi connectivity index (χ1) is 9.40. The smallest absolute Gasteiger partial charge is 0.306 e. The first-order valence-corrected chi connectivity index (χ1v) is 10.9. The molecule has 0 aromatic heterocycles. The second-order valence-electron chi connectivity index (χ2n) is 7.69. The Hall–Kier alpha value is -0.613. The van der Waals surface area contributed by atoms with E-state index in [1.54, 1.807) is 6.92 Å². The standard InChI is InChI=1S/C17H34O3Si/c1-9-10-15(20-21(7,8)17(4,5)6)12-13(2)11-14(3)16(18)19/h14-15H,2,9-12H2,1,3-8H3,(H,18,19)/t14-,15-/m1/s1. The van der Waals surface area contributed by atoms with Crippen molar-refractivity contribution in [2.24, 2.45) is 5.92 Å². The lowest BCUT2D eigenvalue weighted by Crippen LogP contribution is -2.44. The summed E-state index contributed by atoms with van der Waals surface area (Å²) in [4.78, 5) is 10.9. The largest absolute Gasteiger partial charge is 0.481 e. The first-order valence-electron chi connectivity index (χ1n) is 7.98. The van der Waals surface area contributed by atoms with Crippen LogP contribution in [0.5, 0.6) is 0 Å². The molecule has 124 valence electrons. The lowest BCUT2D eigenvalue weighted by atomic mass is 9.97. The van der Waals surface area contributed by atoms with Gasteiger partial charge in [-0.2, -0.15) is 0 Å². The van der Waals surface area contributed by atoms with Gasteiger partial charge in [0.1, 0.15) is 0 Å². The van der Waals surface area contributed by atoms with Crippen LogP contribution in [0.3, 0.4) is 0 Å². The molecule has 0 spiro atoms. The molecule has 0 fully saturated rings. The summed E-state index contributed by atoms with van der Waals surface area (Å²) in [5.74, 6) is -1.12. The number of carboxylic acids is 1. The van der Waals surface area contributed by atoms with Crippen molar-refractivity contribution < 1.29 is 14.3 Å². The zero-order valence-corrected chi connectivity index (χ0v) is 16.0. The Labute approximate surface area is 131 Å². The van der Waals surface area contributed by atoms with E-state index in [0.717, 1.165) is 24.8 Å². The maximum atomic E-state index is 10.9. The van der Waals surface area contributed by atoms with Crippen LogP contribution in [0.2, 0.25) is 18.1 Å². The van der Waals surface area contributed by atoms with Crippen LogP contribution in [-0.4, -0.2) is 25.5 Å². The second kappa shape index (κ2) is 8.13. The molecule has 0 unspecified atom stereocenters. The molecule has 4 heteroatoms. The van der Waals surface area contributed by atoms with E-state index in [9.17, 15) is 4.79 Å². The van der Waals surface area contributed by atoms with Crippen LogP contribution < -0.4 is 0 Å². The average molecular weight is 315 g/mol. The van der Waals surface area contributed by atoms with Gasteiger partial charge in [-0.3, -0.25) is 4.79 Å². The van der Waals surface area contributed by atoms with Crippen LogP contribution in [0.1, 0.15) is 60.3 Å². The lowest BCUT2D eigenvalue weighted by molar-refractivity contribution is -0.141. The highest BCUT2D eigenvalue weighted by Gasteiger charge is 2.39. The number of hydrogen-bond acceptors (Lipinski definition) is 2. The van der Waals surface area contributed by atoms with Gasteiger partial charge in [0.2, 0.25) is 0 Å². The Morgan fingerprint density at radius 1 is 1.29 bits per heavy atom. The van der Waals surface area contributed by atoms with E-state index in [4.69, 9.17) is 9.53 Å². The Morgan fingerprint density at radius 3 is 2.19 bits per heavy atom. The maximum absolute atomic E-state index is 10.9. The third kappa shape index (κ3) is 7.27. The van der Waals surface area contributed by atoms with E-state index >= 15 is 0 Å². The second-order valence-corrected chi connectivity index (χ2v) is 12.4. The number of aliphatic carboxylic acids is 1. The van der Waals surface area contributed by atoms with Gasteiger partial charge in [0, 0.05) is 6.10 Å². The van der Waals surface area contributed by atoms with Crippen molar-refractivity contribution in [1.82, 2.24) is 0 Å². The third-order valence-corrected chi connectivity index (χ3v) is 8.95. The van der Waals surface area contributed by atoms with Crippen molar-refractivity contribution in [1.29, 1.82) is 0 Å². The third-order valence-electron chi connectivity index (χ3n) is 4.41. The van der Waals surface area contributed by atoms with Crippen LogP contribution in [-0.2, 0) is 9.22 Å². The van der Waals surface area contributed by atoms with Gasteiger partial charge < -0.3 is 9.53 Å². The summed E-state index contributed by atoms with van der Waals surface area (Å²) in [6.07, 6.45) is 3.56. The minimum Gasteiger partial charge on any atom is -0.481 e. The molecule has 3 nitrogen and oxygen atoms in total. The molecule has 0 aliphatic heterocycles. The minimum atomic E-state index is -1.79. The van der Waals surface area contributed by atoms with Crippen LogP contribution in [0.4, 0.5) is 0 Å². The molecule has 0 rings (SSSR count). The molecular weight excluding hydrogens is 280 g/mol. The molecule has 0 heterocycles. The summed E-state index contributed by atoms with van der Waals surface area (Å²) < 4.78 is 6.49. The molecule has 0 aromatic rings. The van der Waals surface area contributed by atoms with Crippen LogP contribution in [0.25, 0.3) is 0 Å². The van der Waals surface area contributed by atoms with Crippen LogP contribution >= 0.6 is 0 Å². The number of rotatable bonds is 9. The summed E-state index contributed by atoms with van der Waals surface area (Å²) in [5, 5.41) is 9.19. The first kappa shape index (κ1) is 20.4. The highest BCUT2D eigenvalue weighted by molar-refractivity contribution is 6.74. The van der Waals surface area contributed by atoms with Crippen molar-refractivity contribution in [2.75, 3.05) is 0 Å². The average Bonchev–Trinajstić information content (AvgIpc) is 2.26. The molecule has 0 saturated carbocycles. The fourth-order valence-electron chi connectivity index (χ4n) is 2.04. The Bertz CT molecular complexity index is 356. The van der Waals surface area contributed by atoms with Crippen molar-refractivity contribution in [3.05, 3.63) is 12.2 Å². The maximum Gasteiger partial charge on any atom is 0.306 e. The topological polar surface area (TPSA) is 46.5 Å². The van der Waals surface area contributed by atoms with E-state index in [1.807, 2.05) is 0 Å². The van der Waals surface area contributed by atoms with Gasteiger partial charge in [-0.15, -0.1) is 0 Å². The molecule has 0 radical (unpaired) electrons. The van der Waals surface area contributed by atoms with E-state index in [-0.39, 0.29) is 17.1 Å². The van der Waals surface area contributed by atoms with E-state index in [2.05, 4.69) is 47.4 Å². The van der Waals surface area contributed by atoms with Gasteiger partial charge in [-0.05, 0) is 37.4 Å². The van der Waals surface area contributed by atoms with E-state index < -0.39 is 14.3 Å². The van der Waals surface area contributed by atoms with Gasteiger partial charge >= 0.3 is 5.97 Å². The highest BCUT2D eigenvalue weighted by Crippen LogP contribution is 2.38. The normalized spacial score (nSPS) is 15.6. The monoisotopic (exact) mass is 314 g/mol. The van der Waals surface area contributed by atoms with E-state index in [0.29, 0.717) is 6.42 Å². The quantitative estimate of drug-likeness (QED) is 0.468. The summed E-state index contributed by atoms with van der Waals surface area (Å²) in [5.41, 5.74) is 0.988. The number of hydrogen-bond donors (Lipinski definition) is 1. The predicted octanol–water partition coefficient (Wildman–Crippen LogP) is 5.23. The van der Waals surface area contributed by atoms with Gasteiger partial charge in [-0.1, -0.05) is 53.2 Å². The minimum absolute atomic E-state index is 0.171. The molecule has 0 aliphatic carbocycles. The Balaban J connectivity index is 4.70. The van der Waals surface area contributed by atoms with E-state index in [1.165, 1.54) is 0 Å². The molecule has 0 bridgehead atoms. The molecular formula is C17H34O3Si. The van der Waals surface area contributed by atoms with Crippen LogP contribution in [0.15, 0.2) is 12.2 Å². The van der Waals surface area contributed by atoms with Gasteiger partial charge in [0.05, 0.1) is 5.92 Å². The van der Waals surface area contributed by atoms with Crippen molar-refractivity contribution in [2.45, 2.75) is 84.5 Å². The Morgan fingerprint density at radius 2 is 1.81 bits per heavy atom. The summed E-state index contributed by atoms with van der Waals surface area (Å²) in [7, 11) is -1.79. The number of carboxylic acid groups (broad SMARTS) is 1. The molecule has 0 aromatic carbocycles. The fraction of sp³-hybridized carbons (Fsp3) is 0.824. The highest BCUT2D eigenvalue weighted by atomic mass is 28.4. The van der Waals surface area contributed by atoms with Crippen molar-refractivity contribution >= 4 is 14.3 Å².